The summed E-state index contributed by atoms with van der Waals surface area (Å²) in [6, 6.07) is 2.56. The zero-order valence-electron chi connectivity index (χ0n) is 8.89. The smallest absolute Gasteiger partial charge is 0.444 e. The van der Waals surface area contributed by atoms with Gasteiger partial charge in [-0.2, -0.15) is 13.2 Å². The summed E-state index contributed by atoms with van der Waals surface area (Å²) in [6.45, 7) is 0. The fourth-order valence-electron chi connectivity index (χ4n) is 1.42. The minimum Gasteiger partial charge on any atom is -0.444 e. The molecule has 7 nitrogen and oxygen atoms in total. The van der Waals surface area contributed by atoms with Crippen molar-refractivity contribution in [3.63, 3.8) is 0 Å². The molecular weight excluding hydrogens is 273 g/mol. The van der Waals surface area contributed by atoms with Crippen LogP contribution in [0.4, 0.5) is 24.5 Å². The SMILES string of the molecule is O=C1Nc2cc([N+](=O)[O-])ccc2O[C@@]1(O)C(F)(F)F. The molecule has 0 saturated carbocycles. The number of benzene rings is 1. The number of nitro groups is 1. The average Bonchev–Trinajstić information content (AvgIpc) is 2.28. The standard InChI is InChI=1S/C9H5F3N2O5/c10-9(11,12)8(16)7(15)13-5-3-4(14(17)18)1-2-6(5)19-8/h1-3,16H,(H,13,15)/t8-/m1/s1. The predicted molar refractivity (Wildman–Crippen MR) is 53.4 cm³/mol. The Bertz CT molecular complexity index is 573. The highest BCUT2D eigenvalue weighted by atomic mass is 19.4. The van der Waals surface area contributed by atoms with Crippen LogP contribution < -0.4 is 10.1 Å². The number of alkyl halides is 3. The Kier molecular flexibility index (Phi) is 2.63. The Hall–Kier alpha value is -2.36. The van der Waals surface area contributed by atoms with Gasteiger partial charge < -0.3 is 15.2 Å². The van der Waals surface area contributed by atoms with Crippen LogP contribution in [-0.2, 0) is 4.79 Å². The van der Waals surface area contributed by atoms with Crippen molar-refractivity contribution in [2.45, 2.75) is 12.0 Å². The van der Waals surface area contributed by atoms with E-state index in [1.807, 2.05) is 0 Å². The first kappa shape index (κ1) is 13.1. The van der Waals surface area contributed by atoms with E-state index in [1.165, 1.54) is 0 Å². The molecule has 1 amide bonds. The first-order valence-corrected chi connectivity index (χ1v) is 4.73. The van der Waals surface area contributed by atoms with E-state index in [2.05, 4.69) is 4.74 Å². The Morgan fingerprint density at radius 1 is 1.42 bits per heavy atom. The van der Waals surface area contributed by atoms with Gasteiger partial charge in [-0.15, -0.1) is 0 Å². The van der Waals surface area contributed by atoms with Crippen LogP contribution in [0.1, 0.15) is 0 Å². The van der Waals surface area contributed by atoms with Gasteiger partial charge in [0.25, 0.3) is 5.69 Å². The molecule has 0 aromatic heterocycles. The molecule has 1 aliphatic rings. The summed E-state index contributed by atoms with van der Waals surface area (Å²) in [7, 11) is 0. The van der Waals surface area contributed by atoms with Gasteiger partial charge in [0.05, 0.1) is 10.6 Å². The quantitative estimate of drug-likeness (QED) is 0.593. The van der Waals surface area contributed by atoms with Gasteiger partial charge in [-0.3, -0.25) is 14.9 Å². The van der Waals surface area contributed by atoms with Gasteiger partial charge in [0.15, 0.2) is 0 Å². The van der Waals surface area contributed by atoms with E-state index in [9.17, 15) is 33.2 Å². The fourth-order valence-corrected chi connectivity index (χ4v) is 1.42. The summed E-state index contributed by atoms with van der Waals surface area (Å²) in [5, 5.41) is 21.4. The second-order valence-electron chi connectivity index (χ2n) is 3.64. The molecule has 1 aromatic rings. The maximum absolute atomic E-state index is 12.5. The maximum atomic E-state index is 12.5. The average molecular weight is 278 g/mol. The third kappa shape index (κ3) is 1.95. The van der Waals surface area contributed by atoms with E-state index in [0.717, 1.165) is 18.2 Å². The van der Waals surface area contributed by atoms with Crippen LogP contribution in [-0.4, -0.2) is 27.9 Å². The van der Waals surface area contributed by atoms with E-state index in [4.69, 9.17) is 0 Å². The number of anilines is 1. The number of hydrogen-bond donors (Lipinski definition) is 2. The van der Waals surface area contributed by atoms with Crippen molar-refractivity contribution in [2.24, 2.45) is 0 Å². The third-order valence-corrected chi connectivity index (χ3v) is 2.37. The summed E-state index contributed by atoms with van der Waals surface area (Å²) in [5.41, 5.74) is -0.770. The van der Waals surface area contributed by atoms with Crippen LogP contribution >= 0.6 is 0 Å². The monoisotopic (exact) mass is 278 g/mol. The van der Waals surface area contributed by atoms with Gasteiger partial charge >= 0.3 is 17.9 Å². The van der Waals surface area contributed by atoms with E-state index >= 15 is 0 Å². The first-order valence-electron chi connectivity index (χ1n) is 4.73. The second-order valence-corrected chi connectivity index (χ2v) is 3.64. The lowest BCUT2D eigenvalue weighted by molar-refractivity contribution is -0.384. The van der Waals surface area contributed by atoms with Gasteiger partial charge in [0.1, 0.15) is 5.75 Å². The highest BCUT2D eigenvalue weighted by Gasteiger charge is 2.64. The molecule has 0 radical (unpaired) electrons. The first-order chi connectivity index (χ1) is 8.65. The molecule has 10 heteroatoms. The lowest BCUT2D eigenvalue weighted by Crippen LogP contribution is -2.60. The number of ether oxygens (including phenoxy) is 1. The van der Waals surface area contributed by atoms with Crippen molar-refractivity contribution < 1.29 is 32.7 Å². The number of non-ortho nitro benzene ring substituents is 1. The molecular formula is C9H5F3N2O5. The third-order valence-electron chi connectivity index (χ3n) is 2.37. The van der Waals surface area contributed by atoms with Crippen LogP contribution in [0.2, 0.25) is 0 Å². The topological polar surface area (TPSA) is 102 Å². The van der Waals surface area contributed by atoms with Crippen molar-refractivity contribution >= 4 is 17.3 Å². The van der Waals surface area contributed by atoms with Gasteiger partial charge in [-0.05, 0) is 6.07 Å². The highest BCUT2D eigenvalue weighted by Crippen LogP contribution is 2.41. The van der Waals surface area contributed by atoms with Crippen LogP contribution in [0.25, 0.3) is 0 Å². The Morgan fingerprint density at radius 2 is 2.05 bits per heavy atom. The zero-order valence-corrected chi connectivity index (χ0v) is 8.89. The molecule has 1 aliphatic heterocycles. The molecule has 2 N–H and O–H groups in total. The number of halogens is 3. The van der Waals surface area contributed by atoms with Crippen LogP contribution in [0.3, 0.4) is 0 Å². The summed E-state index contributed by atoms with van der Waals surface area (Å²) in [4.78, 5) is 20.9. The van der Waals surface area contributed by atoms with E-state index < -0.39 is 34.2 Å². The molecule has 0 saturated heterocycles. The fraction of sp³-hybridized carbons (Fsp3) is 0.222. The van der Waals surface area contributed by atoms with Crippen LogP contribution in [0.15, 0.2) is 18.2 Å². The largest absolute Gasteiger partial charge is 0.465 e. The number of amides is 1. The van der Waals surface area contributed by atoms with E-state index in [0.29, 0.717) is 0 Å². The van der Waals surface area contributed by atoms with E-state index in [1.54, 1.807) is 5.32 Å². The number of carbonyl (C=O) groups is 1. The number of aliphatic hydroxyl groups is 1. The zero-order chi connectivity index (χ0) is 14.4. The maximum Gasteiger partial charge on any atom is 0.465 e. The van der Waals surface area contributed by atoms with Gasteiger partial charge in [0, 0.05) is 12.1 Å². The number of nitro benzene ring substituents is 1. The molecule has 19 heavy (non-hydrogen) atoms. The molecule has 0 fully saturated rings. The molecule has 0 aliphatic carbocycles. The number of carbonyl (C=O) groups excluding carboxylic acids is 1. The normalized spacial score (nSPS) is 22.2. The lowest BCUT2D eigenvalue weighted by atomic mass is 10.1. The second kappa shape index (κ2) is 3.82. The minimum atomic E-state index is -5.35. The van der Waals surface area contributed by atoms with E-state index in [-0.39, 0.29) is 5.69 Å². The summed E-state index contributed by atoms with van der Waals surface area (Å²) in [6.07, 6.45) is -5.35. The number of fused-ring (bicyclic) bond motifs is 1. The predicted octanol–water partition coefficient (Wildman–Crippen LogP) is 1.18. The Balaban J connectivity index is 2.46. The van der Waals surface area contributed by atoms with Gasteiger partial charge in [0.2, 0.25) is 0 Å². The van der Waals surface area contributed by atoms with Crippen molar-refractivity contribution in [1.29, 1.82) is 0 Å². The number of hydrogen-bond acceptors (Lipinski definition) is 5. The Labute approximate surface area is 102 Å². The Morgan fingerprint density at radius 3 is 2.58 bits per heavy atom. The number of nitrogens with zero attached hydrogens (tertiary/aromatic N) is 1. The number of nitrogens with one attached hydrogen (secondary N) is 1. The van der Waals surface area contributed by atoms with Crippen LogP contribution in [0.5, 0.6) is 5.75 Å². The van der Waals surface area contributed by atoms with Gasteiger partial charge in [-0.1, -0.05) is 0 Å². The van der Waals surface area contributed by atoms with Gasteiger partial charge in [-0.25, -0.2) is 0 Å². The molecule has 102 valence electrons. The van der Waals surface area contributed by atoms with Crippen LogP contribution in [0, 0.1) is 10.1 Å². The molecule has 1 aromatic carbocycles. The summed E-state index contributed by atoms with van der Waals surface area (Å²) < 4.78 is 41.8. The summed E-state index contributed by atoms with van der Waals surface area (Å²) in [5.74, 6) is -6.41. The van der Waals surface area contributed by atoms with Crippen molar-refractivity contribution in [3.8, 4) is 5.75 Å². The molecule has 2 rings (SSSR count). The lowest BCUT2D eigenvalue weighted by Gasteiger charge is -2.33. The number of rotatable bonds is 1. The van der Waals surface area contributed by atoms with Crippen molar-refractivity contribution in [3.05, 3.63) is 28.3 Å². The molecule has 0 bridgehead atoms. The summed E-state index contributed by atoms with van der Waals surface area (Å²) >= 11 is 0. The van der Waals surface area contributed by atoms with Crippen molar-refractivity contribution in [1.82, 2.24) is 0 Å². The highest BCUT2D eigenvalue weighted by molar-refractivity contribution is 6.00. The molecule has 1 atom stereocenters. The van der Waals surface area contributed by atoms with Crippen molar-refractivity contribution in [2.75, 3.05) is 5.32 Å². The molecule has 0 unspecified atom stereocenters. The molecule has 1 heterocycles. The molecule has 0 spiro atoms. The minimum absolute atomic E-state index is 0.326.